The molecule has 1 aliphatic rings. The Morgan fingerprint density at radius 2 is 1.44 bits per heavy atom. The van der Waals surface area contributed by atoms with Crippen LogP contribution in [0.4, 0.5) is 0 Å². The van der Waals surface area contributed by atoms with Gasteiger partial charge in [0.1, 0.15) is 5.78 Å². The molecule has 0 radical (unpaired) electrons. The number of hydrogen-bond acceptors (Lipinski definition) is 6. The molecule has 328 valence electrons. The van der Waals surface area contributed by atoms with E-state index in [9.17, 15) is 9.90 Å². The molecule has 5 atom stereocenters. The zero-order chi connectivity index (χ0) is 43.8. The third-order valence-electron chi connectivity index (χ3n) is 14.7. The van der Waals surface area contributed by atoms with E-state index in [1.807, 2.05) is 24.4 Å². The van der Waals surface area contributed by atoms with Crippen molar-refractivity contribution in [3.05, 3.63) is 47.3 Å². The van der Waals surface area contributed by atoms with Crippen LogP contribution in [0.2, 0.25) is 54.4 Å². The molecule has 9 heteroatoms. The molecule has 6 nitrogen and oxygen atoms in total. The molecule has 1 aromatic rings. The molecule has 0 saturated heterocycles. The van der Waals surface area contributed by atoms with Crippen LogP contribution in [0.1, 0.15) is 153 Å². The molecular formula is C48H89NO5Si3. The second kappa shape index (κ2) is 20.6. The van der Waals surface area contributed by atoms with Crippen molar-refractivity contribution in [2.45, 2.75) is 221 Å². The number of ketones is 1. The monoisotopic (exact) mass is 844 g/mol. The summed E-state index contributed by atoms with van der Waals surface area (Å²) in [5.74, 6) is -0.154. The predicted octanol–water partition coefficient (Wildman–Crippen LogP) is 13.9. The average molecular weight is 844 g/mol. The SMILES string of the molecule is CC[C@H](C(=O)C1([C@H](CCO[Si](C)(C)C(C)(C)C)O[Si](C)(C)C(C)(C)C)CCC1)[C@H](O)[C@@H](C)CCC/C(C)=C/C[C@H](O[Si](C)(C)C(C)(C)C)/C(C)=C/c1ccccn1. The second-order valence-corrected chi connectivity index (χ2v) is 36.6. The molecule has 2 rings (SSSR count). The fourth-order valence-corrected chi connectivity index (χ4v) is 11.0. The van der Waals surface area contributed by atoms with Gasteiger partial charge in [-0.2, -0.15) is 0 Å². The molecule has 0 aromatic carbocycles. The Morgan fingerprint density at radius 3 is 1.91 bits per heavy atom. The number of rotatable bonds is 22. The van der Waals surface area contributed by atoms with Crippen molar-refractivity contribution in [3.63, 3.8) is 0 Å². The van der Waals surface area contributed by atoms with Gasteiger partial charge in [-0.1, -0.05) is 100 Å². The zero-order valence-electron chi connectivity index (χ0n) is 40.4. The van der Waals surface area contributed by atoms with Crippen molar-refractivity contribution in [1.82, 2.24) is 4.98 Å². The van der Waals surface area contributed by atoms with Crippen molar-refractivity contribution in [1.29, 1.82) is 0 Å². The summed E-state index contributed by atoms with van der Waals surface area (Å²) in [4.78, 5) is 19.4. The highest BCUT2D eigenvalue weighted by Crippen LogP contribution is 2.52. The van der Waals surface area contributed by atoms with Crippen molar-refractivity contribution < 1.29 is 23.2 Å². The van der Waals surface area contributed by atoms with Crippen molar-refractivity contribution in [3.8, 4) is 0 Å². The standard InChI is InChI=1S/C48H89NO5Si3/c1-20-40(44(51)48(31-24-32-48)42(54-57(18,19)47(11,12)13)30-34-52-55(14,15)45(5,6)7)43(50)37(3)26-23-25-36(2)28-29-41(53-56(16,17)46(8,9)10)38(4)35-39-27-21-22-33-49-39/h21-22,27-28,33,35,37,40-43,50H,20,23-26,29-32,34H2,1-19H3/b36-28+,38-35+/t37-,40-,41-,42-,43+/m0/s1. The van der Waals surface area contributed by atoms with Gasteiger partial charge in [0.2, 0.25) is 0 Å². The first-order valence-corrected chi connectivity index (χ1v) is 31.1. The third kappa shape index (κ3) is 14.2. The molecule has 0 bridgehead atoms. The minimum Gasteiger partial charge on any atom is -0.417 e. The molecule has 1 heterocycles. The number of pyridine rings is 1. The Bertz CT molecular complexity index is 1460. The Kier molecular flexibility index (Phi) is 18.7. The van der Waals surface area contributed by atoms with E-state index in [2.05, 4.69) is 146 Å². The Balaban J connectivity index is 2.21. The number of nitrogens with zero attached hydrogens (tertiary/aromatic N) is 1. The number of carbonyl (C=O) groups is 1. The van der Waals surface area contributed by atoms with E-state index in [-0.39, 0.29) is 39.0 Å². The van der Waals surface area contributed by atoms with Crippen LogP contribution in [0.15, 0.2) is 41.6 Å². The van der Waals surface area contributed by atoms with Crippen LogP contribution < -0.4 is 0 Å². The Hall–Kier alpha value is -1.21. The topological polar surface area (TPSA) is 77.9 Å². The van der Waals surface area contributed by atoms with Crippen LogP contribution in [0.5, 0.6) is 0 Å². The van der Waals surface area contributed by atoms with Crippen molar-refractivity contribution in [2.24, 2.45) is 17.3 Å². The summed E-state index contributed by atoms with van der Waals surface area (Å²) < 4.78 is 20.9. The van der Waals surface area contributed by atoms with Crippen LogP contribution in [-0.4, -0.2) is 65.7 Å². The van der Waals surface area contributed by atoms with E-state index in [1.54, 1.807) is 0 Å². The summed E-state index contributed by atoms with van der Waals surface area (Å²) in [6.45, 7) is 43.6. The first-order chi connectivity index (χ1) is 25.9. The number of allylic oxidation sites excluding steroid dienone is 1. The fourth-order valence-electron chi connectivity index (χ4n) is 7.18. The van der Waals surface area contributed by atoms with Crippen LogP contribution in [-0.2, 0) is 18.1 Å². The Morgan fingerprint density at radius 1 is 0.877 bits per heavy atom. The van der Waals surface area contributed by atoms with E-state index >= 15 is 0 Å². The summed E-state index contributed by atoms with van der Waals surface area (Å²) in [6.07, 6.45) is 13.1. The summed E-state index contributed by atoms with van der Waals surface area (Å²) in [6, 6.07) is 6.01. The summed E-state index contributed by atoms with van der Waals surface area (Å²) in [5.41, 5.74) is 2.93. The lowest BCUT2D eigenvalue weighted by Crippen LogP contribution is -2.58. The smallest absolute Gasteiger partial charge is 0.192 e. The van der Waals surface area contributed by atoms with Crippen molar-refractivity contribution in [2.75, 3.05) is 6.61 Å². The van der Waals surface area contributed by atoms with Crippen LogP contribution in [0.25, 0.3) is 6.08 Å². The van der Waals surface area contributed by atoms with E-state index < -0.39 is 42.4 Å². The van der Waals surface area contributed by atoms with Gasteiger partial charge >= 0.3 is 0 Å². The molecule has 1 saturated carbocycles. The highest BCUT2D eigenvalue weighted by atomic mass is 28.4. The van der Waals surface area contributed by atoms with Gasteiger partial charge in [0, 0.05) is 18.7 Å². The summed E-state index contributed by atoms with van der Waals surface area (Å²) in [5, 5.41) is 12.2. The van der Waals surface area contributed by atoms with Crippen LogP contribution in [0.3, 0.4) is 0 Å². The van der Waals surface area contributed by atoms with E-state index in [1.165, 1.54) is 11.1 Å². The van der Waals surface area contributed by atoms with Gasteiger partial charge in [0.05, 0.1) is 29.4 Å². The maximum atomic E-state index is 14.9. The minimum absolute atomic E-state index is 0.0122. The van der Waals surface area contributed by atoms with Crippen LogP contribution in [0, 0.1) is 17.3 Å². The number of carbonyl (C=O) groups excluding carboxylic acids is 1. The van der Waals surface area contributed by atoms with Gasteiger partial charge in [-0.25, -0.2) is 0 Å². The number of aromatic nitrogens is 1. The molecule has 1 aliphatic carbocycles. The predicted molar refractivity (Wildman–Crippen MR) is 252 cm³/mol. The van der Waals surface area contributed by atoms with E-state index in [0.29, 0.717) is 13.0 Å². The quantitative estimate of drug-likeness (QED) is 0.0925. The Labute approximate surface area is 355 Å². The molecule has 1 fully saturated rings. The van der Waals surface area contributed by atoms with Gasteiger partial charge in [0.15, 0.2) is 25.0 Å². The molecule has 57 heavy (non-hydrogen) atoms. The molecule has 0 unspecified atom stereocenters. The van der Waals surface area contributed by atoms with Gasteiger partial charge < -0.3 is 18.4 Å². The molecule has 0 aliphatic heterocycles. The van der Waals surface area contributed by atoms with Gasteiger partial charge in [-0.3, -0.25) is 9.78 Å². The lowest BCUT2D eigenvalue weighted by atomic mass is 9.58. The van der Waals surface area contributed by atoms with E-state index in [4.69, 9.17) is 13.3 Å². The van der Waals surface area contributed by atoms with Crippen molar-refractivity contribution >= 4 is 36.8 Å². The maximum absolute atomic E-state index is 14.9. The highest BCUT2D eigenvalue weighted by Gasteiger charge is 2.55. The number of aliphatic hydroxyl groups excluding tert-OH is 1. The first kappa shape index (κ1) is 51.9. The molecular weight excluding hydrogens is 755 g/mol. The summed E-state index contributed by atoms with van der Waals surface area (Å²) in [7, 11) is -6.17. The number of Topliss-reactive ketones (excluding diaryl/α,β-unsaturated/α-hetero) is 1. The first-order valence-electron chi connectivity index (χ1n) is 22.4. The molecule has 0 spiro atoms. The number of hydrogen-bond donors (Lipinski definition) is 1. The molecule has 1 aromatic heterocycles. The highest BCUT2D eigenvalue weighted by molar-refractivity contribution is 6.75. The molecule has 1 N–H and O–H groups in total. The van der Waals surface area contributed by atoms with Crippen LogP contribution >= 0.6 is 0 Å². The normalized spacial score (nSPS) is 19.1. The minimum atomic E-state index is -2.20. The zero-order valence-corrected chi connectivity index (χ0v) is 43.4. The lowest BCUT2D eigenvalue weighted by Gasteiger charge is -2.52. The number of aliphatic hydroxyl groups is 1. The van der Waals surface area contributed by atoms with Gasteiger partial charge in [-0.05, 0) is 149 Å². The summed E-state index contributed by atoms with van der Waals surface area (Å²) >= 11 is 0. The van der Waals surface area contributed by atoms with Gasteiger partial charge in [-0.15, -0.1) is 0 Å². The third-order valence-corrected chi connectivity index (χ3v) is 28.3. The maximum Gasteiger partial charge on any atom is 0.192 e. The van der Waals surface area contributed by atoms with Gasteiger partial charge in [0.25, 0.3) is 0 Å². The average Bonchev–Trinajstić information content (AvgIpc) is 3.04. The fraction of sp³-hybridized carbons (Fsp3) is 0.792. The van der Waals surface area contributed by atoms with E-state index in [0.717, 1.165) is 57.1 Å². The largest absolute Gasteiger partial charge is 0.417 e. The molecule has 0 amide bonds. The lowest BCUT2D eigenvalue weighted by molar-refractivity contribution is -0.153. The second-order valence-electron chi connectivity index (χ2n) is 22.3.